The number of halogens is 2. The lowest BCUT2D eigenvalue weighted by molar-refractivity contribution is 0.173. The number of aromatic nitrogens is 1. The highest BCUT2D eigenvalue weighted by Crippen LogP contribution is 2.25. The Labute approximate surface area is 104 Å². The van der Waals surface area contributed by atoms with Crippen LogP contribution < -0.4 is 0 Å². The molecule has 0 aliphatic rings. The van der Waals surface area contributed by atoms with Gasteiger partial charge in [-0.1, -0.05) is 29.8 Å². The molecule has 1 atom stereocenters. The maximum absolute atomic E-state index is 13.6. The summed E-state index contributed by atoms with van der Waals surface area (Å²) in [5.74, 6) is -0.564. The van der Waals surface area contributed by atoms with E-state index in [0.29, 0.717) is 6.42 Å². The van der Waals surface area contributed by atoms with Crippen LogP contribution in [0.15, 0.2) is 42.7 Å². The minimum atomic E-state index is -0.919. The van der Waals surface area contributed by atoms with E-state index in [2.05, 4.69) is 4.98 Å². The van der Waals surface area contributed by atoms with Gasteiger partial charge < -0.3 is 5.11 Å². The summed E-state index contributed by atoms with van der Waals surface area (Å²) in [5.41, 5.74) is 1.06. The second-order valence-corrected chi connectivity index (χ2v) is 4.13. The second kappa shape index (κ2) is 5.25. The van der Waals surface area contributed by atoms with Crippen LogP contribution in [0.5, 0.6) is 0 Å². The molecule has 1 aromatic carbocycles. The third-order valence-corrected chi connectivity index (χ3v) is 2.78. The number of rotatable bonds is 3. The highest BCUT2D eigenvalue weighted by molar-refractivity contribution is 6.30. The highest BCUT2D eigenvalue weighted by atomic mass is 35.5. The van der Waals surface area contributed by atoms with Gasteiger partial charge in [0.15, 0.2) is 0 Å². The Morgan fingerprint density at radius 1 is 1.29 bits per heavy atom. The molecule has 1 aromatic heterocycles. The zero-order valence-corrected chi connectivity index (χ0v) is 9.73. The molecule has 0 bridgehead atoms. The molecule has 2 aromatic rings. The molecule has 0 amide bonds. The monoisotopic (exact) mass is 251 g/mol. The minimum Gasteiger partial charge on any atom is -0.388 e. The first-order chi connectivity index (χ1) is 8.18. The Hall–Kier alpha value is -1.45. The molecule has 0 fully saturated rings. The van der Waals surface area contributed by atoms with E-state index < -0.39 is 11.9 Å². The molecule has 0 saturated heterocycles. The Balaban J connectivity index is 2.20. The fourth-order valence-electron chi connectivity index (χ4n) is 1.63. The minimum absolute atomic E-state index is 0.0211. The molecule has 0 saturated carbocycles. The fraction of sp³-hybridized carbons (Fsp3) is 0.154. The Bertz CT molecular complexity index is 504. The number of hydrogen-bond acceptors (Lipinski definition) is 2. The summed E-state index contributed by atoms with van der Waals surface area (Å²) < 4.78 is 13.6. The largest absolute Gasteiger partial charge is 0.388 e. The molecule has 17 heavy (non-hydrogen) atoms. The van der Waals surface area contributed by atoms with E-state index in [4.69, 9.17) is 11.6 Å². The zero-order chi connectivity index (χ0) is 12.3. The van der Waals surface area contributed by atoms with Gasteiger partial charge in [0.25, 0.3) is 0 Å². The molecule has 0 spiro atoms. The lowest BCUT2D eigenvalue weighted by atomic mass is 10.0. The molecule has 0 aliphatic heterocycles. The molecule has 2 rings (SSSR count). The van der Waals surface area contributed by atoms with Crippen LogP contribution in [0.2, 0.25) is 5.02 Å². The third kappa shape index (κ3) is 2.81. The fourth-order valence-corrected chi connectivity index (χ4v) is 1.81. The molecule has 4 heteroatoms. The van der Waals surface area contributed by atoms with E-state index in [1.165, 1.54) is 12.1 Å². The zero-order valence-electron chi connectivity index (χ0n) is 8.98. The van der Waals surface area contributed by atoms with Crippen molar-refractivity contribution in [3.05, 3.63) is 64.7 Å². The summed E-state index contributed by atoms with van der Waals surface area (Å²) in [7, 11) is 0. The quantitative estimate of drug-likeness (QED) is 0.909. The van der Waals surface area contributed by atoms with Crippen LogP contribution in [-0.4, -0.2) is 10.1 Å². The average molecular weight is 252 g/mol. The lowest BCUT2D eigenvalue weighted by Gasteiger charge is -2.12. The van der Waals surface area contributed by atoms with Gasteiger partial charge in [-0.15, -0.1) is 0 Å². The Kier molecular flexibility index (Phi) is 3.71. The van der Waals surface area contributed by atoms with E-state index >= 15 is 0 Å². The van der Waals surface area contributed by atoms with Crippen LogP contribution in [-0.2, 0) is 6.42 Å². The summed E-state index contributed by atoms with van der Waals surface area (Å²) in [5, 5.41) is 9.97. The van der Waals surface area contributed by atoms with Gasteiger partial charge in [-0.3, -0.25) is 4.98 Å². The predicted molar refractivity (Wildman–Crippen MR) is 64.3 cm³/mol. The van der Waals surface area contributed by atoms with Crippen molar-refractivity contribution in [2.24, 2.45) is 0 Å². The van der Waals surface area contributed by atoms with E-state index in [-0.39, 0.29) is 10.6 Å². The second-order valence-electron chi connectivity index (χ2n) is 3.72. The Morgan fingerprint density at radius 3 is 2.82 bits per heavy atom. The van der Waals surface area contributed by atoms with Gasteiger partial charge in [0, 0.05) is 24.4 Å². The van der Waals surface area contributed by atoms with E-state index in [9.17, 15) is 9.50 Å². The molecular weight excluding hydrogens is 241 g/mol. The topological polar surface area (TPSA) is 33.1 Å². The summed E-state index contributed by atoms with van der Waals surface area (Å²) in [6.07, 6.45) is 2.69. The standard InChI is InChI=1S/C13H11ClFNO/c14-11-5-1-4-10(13(11)15)12(17)7-9-3-2-6-16-8-9/h1-6,8,12,17H,7H2. The van der Waals surface area contributed by atoms with Crippen molar-refractivity contribution in [3.63, 3.8) is 0 Å². The van der Waals surface area contributed by atoms with Gasteiger partial charge in [-0.05, 0) is 17.7 Å². The van der Waals surface area contributed by atoms with Crippen molar-refractivity contribution in [3.8, 4) is 0 Å². The van der Waals surface area contributed by atoms with Gasteiger partial charge in [-0.25, -0.2) is 4.39 Å². The summed E-state index contributed by atoms with van der Waals surface area (Å²) in [6.45, 7) is 0. The van der Waals surface area contributed by atoms with Crippen molar-refractivity contribution in [2.45, 2.75) is 12.5 Å². The van der Waals surface area contributed by atoms with Gasteiger partial charge in [0.1, 0.15) is 5.82 Å². The summed E-state index contributed by atoms with van der Waals surface area (Å²) in [4.78, 5) is 3.94. The Morgan fingerprint density at radius 2 is 2.12 bits per heavy atom. The van der Waals surface area contributed by atoms with E-state index in [0.717, 1.165) is 5.56 Å². The van der Waals surface area contributed by atoms with Crippen LogP contribution in [0.3, 0.4) is 0 Å². The number of nitrogens with zero attached hydrogens (tertiary/aromatic N) is 1. The maximum Gasteiger partial charge on any atom is 0.147 e. The molecule has 1 unspecified atom stereocenters. The van der Waals surface area contributed by atoms with Crippen molar-refractivity contribution in [1.29, 1.82) is 0 Å². The molecule has 1 N–H and O–H groups in total. The number of benzene rings is 1. The first-order valence-electron chi connectivity index (χ1n) is 5.19. The van der Waals surface area contributed by atoms with Gasteiger partial charge in [0.2, 0.25) is 0 Å². The predicted octanol–water partition coefficient (Wildman–Crippen LogP) is 3.15. The number of aliphatic hydroxyl groups is 1. The molecule has 0 aliphatic carbocycles. The molecule has 0 radical (unpaired) electrons. The van der Waals surface area contributed by atoms with Crippen LogP contribution in [0.1, 0.15) is 17.2 Å². The summed E-state index contributed by atoms with van der Waals surface area (Å²) >= 11 is 5.66. The van der Waals surface area contributed by atoms with Gasteiger partial charge >= 0.3 is 0 Å². The highest BCUT2D eigenvalue weighted by Gasteiger charge is 2.15. The third-order valence-electron chi connectivity index (χ3n) is 2.49. The normalized spacial score (nSPS) is 12.4. The molecule has 88 valence electrons. The van der Waals surface area contributed by atoms with E-state index in [1.807, 2.05) is 6.07 Å². The van der Waals surface area contributed by atoms with Gasteiger partial charge in [-0.2, -0.15) is 0 Å². The molecule has 2 nitrogen and oxygen atoms in total. The molecule has 1 heterocycles. The van der Waals surface area contributed by atoms with Crippen LogP contribution in [0.25, 0.3) is 0 Å². The van der Waals surface area contributed by atoms with Crippen LogP contribution in [0.4, 0.5) is 4.39 Å². The number of hydrogen-bond donors (Lipinski definition) is 1. The number of aliphatic hydroxyl groups excluding tert-OH is 1. The SMILES string of the molecule is OC(Cc1cccnc1)c1cccc(Cl)c1F. The van der Waals surface area contributed by atoms with Gasteiger partial charge in [0.05, 0.1) is 11.1 Å². The number of pyridine rings is 1. The van der Waals surface area contributed by atoms with Crippen molar-refractivity contribution in [1.82, 2.24) is 4.98 Å². The van der Waals surface area contributed by atoms with Crippen molar-refractivity contribution in [2.75, 3.05) is 0 Å². The first kappa shape index (κ1) is 12.0. The lowest BCUT2D eigenvalue weighted by Crippen LogP contribution is -2.04. The van der Waals surface area contributed by atoms with Crippen LogP contribution >= 0.6 is 11.6 Å². The van der Waals surface area contributed by atoms with Crippen LogP contribution in [0, 0.1) is 5.82 Å². The average Bonchev–Trinajstić information content (AvgIpc) is 2.34. The molecular formula is C13H11ClFNO. The van der Waals surface area contributed by atoms with Crippen molar-refractivity contribution < 1.29 is 9.50 Å². The van der Waals surface area contributed by atoms with Crippen molar-refractivity contribution >= 4 is 11.6 Å². The maximum atomic E-state index is 13.6. The summed E-state index contributed by atoms with van der Waals surface area (Å²) in [6, 6.07) is 8.21. The smallest absolute Gasteiger partial charge is 0.147 e. The first-order valence-corrected chi connectivity index (χ1v) is 5.57. The van der Waals surface area contributed by atoms with E-state index in [1.54, 1.807) is 24.5 Å².